The van der Waals surface area contributed by atoms with Gasteiger partial charge in [0.05, 0.1) is 6.42 Å². The third-order valence-corrected chi connectivity index (χ3v) is 6.35. The average Bonchev–Trinajstić information content (AvgIpc) is 3.42. The third kappa shape index (κ3) is 2.85. The van der Waals surface area contributed by atoms with Crippen molar-refractivity contribution in [3.8, 4) is 0 Å². The molecule has 1 N–H and O–H groups in total. The van der Waals surface area contributed by atoms with E-state index in [1.165, 1.54) is 6.07 Å². The average molecular weight is 422 g/mol. The number of aryl methyl sites for hydroxylation is 1. The molecular weight excluding hydrogens is 402 g/mol. The first-order chi connectivity index (χ1) is 14.9. The fourth-order valence-electron chi connectivity index (χ4n) is 4.88. The molecule has 31 heavy (non-hydrogen) atoms. The molecule has 2 aliphatic rings. The molecule has 2 atom stereocenters. The quantitative estimate of drug-likeness (QED) is 0.705. The summed E-state index contributed by atoms with van der Waals surface area (Å²) in [6.07, 6.45) is 3.75. The summed E-state index contributed by atoms with van der Waals surface area (Å²) >= 11 is 0. The van der Waals surface area contributed by atoms with Crippen LogP contribution >= 0.6 is 0 Å². The monoisotopic (exact) mass is 422 g/mol. The number of hydrogen-bond acceptors (Lipinski definition) is 3. The fourth-order valence-corrected chi connectivity index (χ4v) is 4.88. The van der Waals surface area contributed by atoms with Crippen LogP contribution in [0.2, 0.25) is 0 Å². The zero-order valence-corrected chi connectivity index (χ0v) is 16.8. The van der Waals surface area contributed by atoms with Crippen molar-refractivity contribution in [2.24, 2.45) is 7.05 Å². The van der Waals surface area contributed by atoms with Gasteiger partial charge >= 0.3 is 0 Å². The van der Waals surface area contributed by atoms with Gasteiger partial charge in [-0.15, -0.1) is 0 Å². The number of nitrogens with one attached hydrogen (secondary N) is 1. The predicted octanol–water partition coefficient (Wildman–Crippen LogP) is 3.10. The first kappa shape index (κ1) is 19.4. The molecule has 158 valence electrons. The van der Waals surface area contributed by atoms with Crippen LogP contribution in [-0.2, 0) is 28.5 Å². The summed E-state index contributed by atoms with van der Waals surface area (Å²) in [7, 11) is 1.82. The highest BCUT2D eigenvalue weighted by Crippen LogP contribution is 2.54. The van der Waals surface area contributed by atoms with E-state index in [1.807, 2.05) is 35.9 Å². The van der Waals surface area contributed by atoms with Crippen LogP contribution in [0.15, 0.2) is 54.9 Å². The van der Waals surface area contributed by atoms with Crippen molar-refractivity contribution >= 4 is 17.5 Å². The SMILES string of the molecule is Cn1ccnc1[C@@H]1N(C(=O)Cc2ccc(F)c(F)c2)CC[C@]12C(=O)Nc1ccccc12. The molecule has 1 fully saturated rings. The van der Waals surface area contributed by atoms with Crippen molar-refractivity contribution in [3.63, 3.8) is 0 Å². The Kier molecular flexibility index (Phi) is 4.39. The van der Waals surface area contributed by atoms with Crippen LogP contribution in [0.25, 0.3) is 0 Å². The molecule has 0 radical (unpaired) electrons. The summed E-state index contributed by atoms with van der Waals surface area (Å²) in [5, 5.41) is 2.96. The van der Waals surface area contributed by atoms with E-state index in [9.17, 15) is 18.4 Å². The molecule has 0 aliphatic carbocycles. The highest BCUT2D eigenvalue weighted by molar-refractivity contribution is 6.07. The minimum Gasteiger partial charge on any atom is -0.336 e. The van der Waals surface area contributed by atoms with Crippen LogP contribution in [0, 0.1) is 11.6 Å². The van der Waals surface area contributed by atoms with E-state index >= 15 is 0 Å². The predicted molar refractivity (Wildman–Crippen MR) is 109 cm³/mol. The van der Waals surface area contributed by atoms with Gasteiger partial charge in [0, 0.05) is 31.7 Å². The number of carbonyl (C=O) groups excluding carboxylic acids is 2. The fraction of sp³-hybridized carbons (Fsp3) is 0.261. The molecule has 1 spiro atoms. The number of imidazole rings is 1. The second-order valence-corrected chi connectivity index (χ2v) is 8.03. The first-order valence-corrected chi connectivity index (χ1v) is 10.0. The summed E-state index contributed by atoms with van der Waals surface area (Å²) < 4.78 is 28.7. The Hall–Kier alpha value is -3.55. The lowest BCUT2D eigenvalue weighted by Crippen LogP contribution is -2.44. The number of likely N-dealkylation sites (tertiary alicyclic amines) is 1. The van der Waals surface area contributed by atoms with Gasteiger partial charge in [-0.05, 0) is 35.7 Å². The topological polar surface area (TPSA) is 67.2 Å². The van der Waals surface area contributed by atoms with Crippen molar-refractivity contribution in [3.05, 3.63) is 83.4 Å². The molecule has 0 saturated carbocycles. The minimum absolute atomic E-state index is 0.0997. The lowest BCUT2D eigenvalue weighted by molar-refractivity contribution is -0.133. The van der Waals surface area contributed by atoms with Crippen LogP contribution in [0.1, 0.15) is 29.4 Å². The van der Waals surface area contributed by atoms with Gasteiger partial charge in [-0.1, -0.05) is 24.3 Å². The van der Waals surface area contributed by atoms with Crippen LogP contribution in [-0.4, -0.2) is 32.8 Å². The van der Waals surface area contributed by atoms with Gasteiger partial charge in [-0.2, -0.15) is 0 Å². The zero-order chi connectivity index (χ0) is 21.8. The largest absolute Gasteiger partial charge is 0.336 e. The van der Waals surface area contributed by atoms with E-state index in [2.05, 4.69) is 10.3 Å². The Morgan fingerprint density at radius 2 is 2.03 bits per heavy atom. The number of rotatable bonds is 3. The van der Waals surface area contributed by atoms with Gasteiger partial charge in [0.15, 0.2) is 11.6 Å². The number of carbonyl (C=O) groups is 2. The van der Waals surface area contributed by atoms with Crippen molar-refractivity contribution in [1.29, 1.82) is 0 Å². The number of benzene rings is 2. The number of nitrogens with zero attached hydrogens (tertiary/aromatic N) is 3. The van der Waals surface area contributed by atoms with Crippen LogP contribution in [0.4, 0.5) is 14.5 Å². The molecule has 0 bridgehead atoms. The first-order valence-electron chi connectivity index (χ1n) is 10.0. The number of para-hydroxylation sites is 1. The van der Waals surface area contributed by atoms with E-state index in [4.69, 9.17) is 0 Å². The number of amides is 2. The molecule has 0 unspecified atom stereocenters. The number of halogens is 2. The maximum Gasteiger partial charge on any atom is 0.237 e. The normalized spacial score (nSPS) is 22.1. The van der Waals surface area contributed by atoms with E-state index in [0.717, 1.165) is 23.4 Å². The highest BCUT2D eigenvalue weighted by Gasteiger charge is 2.60. The molecule has 8 heteroatoms. The molecule has 2 aliphatic heterocycles. The van der Waals surface area contributed by atoms with Gasteiger partial charge in [0.25, 0.3) is 0 Å². The summed E-state index contributed by atoms with van der Waals surface area (Å²) in [6.45, 7) is 0.349. The Balaban J connectivity index is 1.57. The van der Waals surface area contributed by atoms with Crippen molar-refractivity contribution < 1.29 is 18.4 Å². The number of anilines is 1. The number of aromatic nitrogens is 2. The highest BCUT2D eigenvalue weighted by atomic mass is 19.2. The van der Waals surface area contributed by atoms with E-state index in [-0.39, 0.29) is 18.2 Å². The Bertz CT molecular complexity index is 1210. The van der Waals surface area contributed by atoms with Gasteiger partial charge in [-0.3, -0.25) is 9.59 Å². The molecule has 3 aromatic rings. The molecule has 2 amide bonds. The maximum absolute atomic E-state index is 13.7. The lowest BCUT2D eigenvalue weighted by atomic mass is 9.74. The number of fused-ring (bicyclic) bond motifs is 2. The molecular formula is C23H20F2N4O2. The second kappa shape index (κ2) is 7.01. The van der Waals surface area contributed by atoms with Gasteiger partial charge in [0.1, 0.15) is 17.3 Å². The molecule has 1 aromatic heterocycles. The van der Waals surface area contributed by atoms with E-state index in [1.54, 1.807) is 17.3 Å². The van der Waals surface area contributed by atoms with Gasteiger partial charge in [-0.25, -0.2) is 13.8 Å². The van der Waals surface area contributed by atoms with Crippen molar-refractivity contribution in [2.75, 3.05) is 11.9 Å². The molecule has 6 nitrogen and oxygen atoms in total. The zero-order valence-electron chi connectivity index (χ0n) is 16.8. The summed E-state index contributed by atoms with van der Waals surface area (Å²) in [5.74, 6) is -1.78. The standard InChI is InChI=1S/C23H20F2N4O2/c1-28-11-9-26-21(28)20-23(15-4-2-3-5-18(15)27-22(23)31)8-10-29(20)19(30)13-14-6-7-16(24)17(25)12-14/h2-7,9,11-12,20H,8,10,13H2,1H3,(H,27,31)/t20-,23+/m0/s1. The van der Waals surface area contributed by atoms with E-state index in [0.29, 0.717) is 24.4 Å². The molecule has 1 saturated heterocycles. The minimum atomic E-state index is -0.993. The van der Waals surface area contributed by atoms with Gasteiger partial charge < -0.3 is 14.8 Å². The number of hydrogen-bond donors (Lipinski definition) is 1. The second-order valence-electron chi connectivity index (χ2n) is 8.03. The Morgan fingerprint density at radius 1 is 1.23 bits per heavy atom. The summed E-state index contributed by atoms with van der Waals surface area (Å²) in [5.41, 5.74) is 0.997. The summed E-state index contributed by atoms with van der Waals surface area (Å²) in [6, 6.07) is 10.3. The Morgan fingerprint density at radius 3 is 2.77 bits per heavy atom. The van der Waals surface area contributed by atoms with Crippen LogP contribution in [0.5, 0.6) is 0 Å². The Labute approximate surface area is 177 Å². The smallest absolute Gasteiger partial charge is 0.237 e. The lowest BCUT2D eigenvalue weighted by Gasteiger charge is -2.33. The van der Waals surface area contributed by atoms with Crippen molar-refractivity contribution in [2.45, 2.75) is 24.3 Å². The van der Waals surface area contributed by atoms with Gasteiger partial charge in [0.2, 0.25) is 11.8 Å². The van der Waals surface area contributed by atoms with E-state index < -0.39 is 23.1 Å². The summed E-state index contributed by atoms with van der Waals surface area (Å²) in [4.78, 5) is 32.7. The molecule has 3 heterocycles. The molecule has 5 rings (SSSR count). The van der Waals surface area contributed by atoms with Crippen molar-refractivity contribution in [1.82, 2.24) is 14.5 Å². The van der Waals surface area contributed by atoms with Crippen LogP contribution in [0.3, 0.4) is 0 Å². The molecule has 2 aromatic carbocycles. The van der Waals surface area contributed by atoms with Crippen LogP contribution < -0.4 is 5.32 Å². The third-order valence-electron chi connectivity index (χ3n) is 6.35. The maximum atomic E-state index is 13.7.